The molecule has 4 heterocycles. The van der Waals surface area contributed by atoms with Crippen LogP contribution in [0.3, 0.4) is 0 Å². The number of anilines is 4. The molecule has 24 nitrogen and oxygen atoms in total. The molecule has 0 radical (unpaired) electrons. The number of hydrogen-bond acceptors (Lipinski definition) is 16. The summed E-state index contributed by atoms with van der Waals surface area (Å²) >= 11 is 0. The van der Waals surface area contributed by atoms with Crippen LogP contribution in [0.4, 0.5) is 22.7 Å². The fourth-order valence-corrected chi connectivity index (χ4v) is 22.8. The molecule has 142 heavy (non-hydrogen) atoms. The summed E-state index contributed by atoms with van der Waals surface area (Å²) in [5.41, 5.74) is 18.3. The molecule has 0 aromatic heterocycles. The maximum Gasteiger partial charge on any atom is 0.293 e. The number of aliphatic imine (C=N–C) groups is 4. The van der Waals surface area contributed by atoms with Crippen molar-refractivity contribution in [2.24, 2.45) is 53.5 Å². The van der Waals surface area contributed by atoms with Crippen molar-refractivity contribution in [2.45, 2.75) is 315 Å². The van der Waals surface area contributed by atoms with Crippen LogP contribution in [-0.2, 0) is 44.6 Å². The van der Waals surface area contributed by atoms with Crippen molar-refractivity contribution in [3.63, 3.8) is 0 Å². The zero-order valence-electron chi connectivity index (χ0n) is 86.6. The summed E-state index contributed by atoms with van der Waals surface area (Å²) in [5.74, 6) is 2.52. The lowest BCUT2D eigenvalue weighted by molar-refractivity contribution is -0.111. The lowest BCUT2D eigenvalue weighted by atomic mass is 9.72. The van der Waals surface area contributed by atoms with Crippen molar-refractivity contribution in [3.05, 3.63) is 235 Å². The van der Waals surface area contributed by atoms with Crippen LogP contribution in [0.2, 0.25) is 0 Å². The fraction of sp³-hybridized carbons (Fsp3) is 0.559. The van der Waals surface area contributed by atoms with Gasteiger partial charge in [0, 0.05) is 129 Å². The number of allylic oxidation sites excluding steroid dienone is 12. The first-order valence-electron chi connectivity index (χ1n) is 52.4. The van der Waals surface area contributed by atoms with E-state index in [0.717, 1.165) is 198 Å². The molecular weight excluding hydrogens is 1770 g/mol. The minimum atomic E-state index is -0.881. The molecule has 754 valence electrons. The van der Waals surface area contributed by atoms with Crippen molar-refractivity contribution in [3.8, 4) is 0 Å². The number of nitrogens with one attached hydrogen (secondary N) is 5. The maximum absolute atomic E-state index is 13.0. The van der Waals surface area contributed by atoms with Gasteiger partial charge in [-0.25, -0.2) is 0 Å². The number of benzene rings is 4. The summed E-state index contributed by atoms with van der Waals surface area (Å²) in [5, 5.41) is 39.4. The van der Waals surface area contributed by atoms with E-state index in [-0.39, 0.29) is 46.1 Å². The van der Waals surface area contributed by atoms with E-state index in [1.807, 2.05) is 31.2 Å². The summed E-state index contributed by atoms with van der Waals surface area (Å²) in [6.07, 6.45) is 48.2. The Morgan fingerprint density at radius 1 is 0.408 bits per heavy atom. The summed E-state index contributed by atoms with van der Waals surface area (Å²) in [7, 11) is 7.83. The average molecular weight is 1930 g/mol. The number of rotatable bonds is 29. The smallest absolute Gasteiger partial charge is 0.293 e. The van der Waals surface area contributed by atoms with Crippen molar-refractivity contribution >= 4 is 91.5 Å². The Bertz CT molecular complexity index is 5860. The van der Waals surface area contributed by atoms with Gasteiger partial charge in [-0.15, -0.1) is 20.0 Å². The third-order valence-electron chi connectivity index (χ3n) is 32.4. The number of nitrogens with zero attached hydrogens (tertiary/aromatic N) is 10. The van der Waals surface area contributed by atoms with E-state index in [0.29, 0.717) is 132 Å². The Hall–Kier alpha value is -11.0. The SMILES string of the molecule is [C-]#[N+]C1=CCC(C(=O)Nc2ccc(C3(O)CC4CCC(C4)C3)cc2C2=CCC(C)(C)CC2)=N1.[C-]#[N+]C1=CCC(C(=O)Nc2ccc(C3(O)CCC(N(C)CCOC)CC3)cc2C2=CCC(C)(C)CC2)=N1.[C-]#[N+]C1=CCC(C(=O)Nc2ccc(C3CCC(N(C)CCOC)CC3)cc2C2=CCC(C)(C)CC2)=N1.[C-]#[N+]C1=CCC(C(=O)Nc2ccc(C3CCC(NCCOCC)CC3)cc2C2=CCC(C)(C)CC2)=N1. The quantitative estimate of drug-likeness (QED) is 0.0198. The van der Waals surface area contributed by atoms with Gasteiger partial charge in [-0.05, 0) is 333 Å². The average Bonchev–Trinajstić information content (AvgIpc) is 1.55. The first-order valence-corrected chi connectivity index (χ1v) is 52.4. The van der Waals surface area contributed by atoms with E-state index >= 15 is 0 Å². The second-order valence-electron chi connectivity index (χ2n) is 45.0. The van der Waals surface area contributed by atoms with Crippen molar-refractivity contribution < 1.29 is 43.6 Å². The number of likely N-dealkylation sites (N-methyl/N-ethyl adjacent to an activating group) is 2. The van der Waals surface area contributed by atoms with Crippen LogP contribution in [0.25, 0.3) is 41.7 Å². The number of hydrogen-bond donors (Lipinski definition) is 7. The Morgan fingerprint density at radius 2 is 0.732 bits per heavy atom. The monoisotopic (exact) mass is 1920 g/mol. The van der Waals surface area contributed by atoms with E-state index in [9.17, 15) is 29.4 Å². The van der Waals surface area contributed by atoms with Crippen LogP contribution in [0.5, 0.6) is 0 Å². The summed E-state index contributed by atoms with van der Waals surface area (Å²) < 4.78 is 15.9. The standard InChI is InChI=1S/C30H40N4O3.2C30H40N4O2.C28H33N3O2/c1-29(2)14-10-21(11-15-29)24-20-22(30(36)16-12-23(13-17-30)34(4)18-19-37-5)6-7-25(24)33-28(35)26-8-9-27(31-3)32-26;1-30(2)16-14-22(15-17-30)25-20-23(21-6-9-24(10-7-21)34(4)18-19-36-5)8-11-26(25)33-29(35)27-12-13-28(31-3)32-27;1-5-36-19-18-32-24-9-6-21(7-10-24)23-8-11-26(34-29(35)27-12-13-28(31-4)33-27)25(20-23)22-14-16-30(2,3)17-15-22;1-27(2)12-10-20(11-13-27)22-15-21(28(33)16-18-4-5-19(14-18)17-28)6-7-23(22)31-26(32)24-8-9-25(29-3)30-24/h6-7,9-10,20,23,36H,8,11-19H2,1-2,4-5H3,(H,33,35);8,11,13-14,20-21,24H,6-7,9-10,12,15-19H2,1-2,4-5H3,(H,33,35);8,11,13-14,20-21,24,32H,5-7,9-10,12,15-19H2,1-3H3,(H,34,35);6-7,9-10,15,18-19,33H,4-5,8,11-14,16-17H2,1-2H3,(H,31,32). The molecule has 2 unspecified atom stereocenters. The topological polar surface area (TPSA) is 270 Å². The lowest BCUT2D eigenvalue weighted by Crippen LogP contribution is -2.41. The van der Waals surface area contributed by atoms with E-state index in [2.05, 4.69) is 218 Å². The van der Waals surface area contributed by atoms with Crippen LogP contribution in [0.15, 0.2) is 165 Å². The zero-order valence-corrected chi connectivity index (χ0v) is 86.6. The minimum absolute atomic E-state index is 0.213. The van der Waals surface area contributed by atoms with Crippen molar-refractivity contribution in [1.82, 2.24) is 15.1 Å². The zero-order chi connectivity index (χ0) is 101. The van der Waals surface area contributed by atoms with Crippen molar-refractivity contribution in [2.75, 3.05) is 95.6 Å². The largest absolute Gasteiger partial charge is 0.385 e. The molecule has 7 N–H and O–H groups in total. The number of carbonyl (C=O) groups is 4. The fourth-order valence-electron chi connectivity index (χ4n) is 22.8. The van der Waals surface area contributed by atoms with Gasteiger partial charge in [-0.1, -0.05) is 167 Å². The number of methoxy groups -OCH3 is 2. The first-order chi connectivity index (χ1) is 68.1. The second-order valence-corrected chi connectivity index (χ2v) is 45.0. The third kappa shape index (κ3) is 28.2. The molecule has 4 aromatic carbocycles. The van der Waals surface area contributed by atoms with Gasteiger partial charge in [0.25, 0.3) is 46.9 Å². The van der Waals surface area contributed by atoms with Gasteiger partial charge >= 0.3 is 0 Å². The summed E-state index contributed by atoms with van der Waals surface area (Å²) in [4.78, 5) is 86.6. The molecular formula is C118H153N15O9. The van der Waals surface area contributed by atoms with Crippen LogP contribution >= 0.6 is 0 Å². The molecule has 17 rings (SSSR count). The van der Waals surface area contributed by atoms with Crippen LogP contribution in [-0.4, -0.2) is 159 Å². The number of carbonyl (C=O) groups excluding carboxylic acids is 4. The van der Waals surface area contributed by atoms with E-state index in [4.69, 9.17) is 40.5 Å². The number of fused-ring (bicyclic) bond motifs is 2. The Balaban J connectivity index is 0.000000150. The molecule has 0 spiro atoms. The van der Waals surface area contributed by atoms with Gasteiger partial charge in [0.1, 0.15) is 0 Å². The van der Waals surface area contributed by atoms with Crippen molar-refractivity contribution in [1.29, 1.82) is 0 Å². The molecule has 2 atom stereocenters. The molecule has 9 aliphatic carbocycles. The second kappa shape index (κ2) is 48.1. The maximum atomic E-state index is 13.0. The molecule has 24 heteroatoms. The Labute approximate surface area is 844 Å². The highest BCUT2D eigenvalue weighted by Crippen LogP contribution is 2.54. The van der Waals surface area contributed by atoms with Gasteiger partial charge in [0.15, 0.2) is 22.8 Å². The van der Waals surface area contributed by atoms with E-state index in [1.165, 1.54) is 104 Å². The third-order valence-corrected chi connectivity index (χ3v) is 32.4. The van der Waals surface area contributed by atoms with Gasteiger partial charge in [-0.2, -0.15) is 0 Å². The van der Waals surface area contributed by atoms with E-state index in [1.54, 1.807) is 38.5 Å². The molecule has 2 bridgehead atoms. The predicted octanol–water partition coefficient (Wildman–Crippen LogP) is 24.7. The summed E-state index contributed by atoms with van der Waals surface area (Å²) in [6.45, 7) is 54.8. The van der Waals surface area contributed by atoms with Crippen LogP contribution < -0.4 is 26.6 Å². The highest BCUT2D eigenvalue weighted by Gasteiger charge is 2.45. The van der Waals surface area contributed by atoms with Gasteiger partial charge in [0.2, 0.25) is 0 Å². The minimum Gasteiger partial charge on any atom is -0.385 e. The van der Waals surface area contributed by atoms with Gasteiger partial charge < -0.3 is 80.2 Å². The first kappa shape index (κ1) is 107. The highest BCUT2D eigenvalue weighted by molar-refractivity contribution is 6.46. The summed E-state index contributed by atoms with van der Waals surface area (Å²) in [6, 6.07) is 26.9. The normalized spacial score (nSPS) is 25.5. The van der Waals surface area contributed by atoms with E-state index < -0.39 is 11.2 Å². The number of amides is 4. The molecule has 13 aliphatic rings. The molecule has 4 aromatic rings. The number of aliphatic hydroxyl groups is 2. The highest BCUT2D eigenvalue weighted by atomic mass is 16.5. The van der Waals surface area contributed by atoms with Gasteiger partial charge in [-0.3, -0.25) is 19.2 Å². The lowest BCUT2D eigenvalue weighted by Gasteiger charge is -2.40. The Morgan fingerprint density at radius 3 is 1.05 bits per heavy atom. The molecule has 0 saturated heterocycles. The van der Waals surface area contributed by atoms with Crippen LogP contribution in [0, 0.1) is 59.8 Å². The molecule has 4 amide bonds. The molecule has 5 fully saturated rings. The molecule has 4 aliphatic heterocycles. The van der Waals surface area contributed by atoms with Gasteiger partial charge in [0.05, 0.1) is 31.0 Å². The predicted molar refractivity (Wildman–Crippen MR) is 573 cm³/mol. The Kier molecular flexibility index (Phi) is 36.2. The van der Waals surface area contributed by atoms with Crippen LogP contribution in [0.1, 0.15) is 331 Å². The molecule has 5 saturated carbocycles. The number of ether oxygens (including phenoxy) is 3.